The number of aryl methyl sites for hydroxylation is 1. The number of amides is 1. The summed E-state index contributed by atoms with van der Waals surface area (Å²) in [6.45, 7) is 3.87. The Bertz CT molecular complexity index is 1290. The molecule has 4 aromatic rings. The molecule has 0 saturated carbocycles. The molecule has 8 heteroatoms. The number of methoxy groups -OCH3 is 1. The number of carbonyl (C=O) groups excluding carboxylic acids is 1. The highest BCUT2D eigenvalue weighted by Crippen LogP contribution is 2.20. The largest absolute Gasteiger partial charge is 0.497 e. The maximum Gasteiger partial charge on any atom is 0.264 e. The molecule has 4 rings (SSSR count). The van der Waals surface area contributed by atoms with Crippen molar-refractivity contribution in [1.82, 2.24) is 19.3 Å². The molecule has 0 aliphatic carbocycles. The second-order valence-electron chi connectivity index (χ2n) is 6.97. The molecule has 8 nitrogen and oxygen atoms in total. The molecule has 0 radical (unpaired) electrons. The molecule has 30 heavy (non-hydrogen) atoms. The SMILES string of the molecule is COc1ccc(NC(=O)Cn2cnc3c(cnn3-c3cccc(C)c3C)c2=O)cc1. The Morgan fingerprint density at radius 3 is 2.63 bits per heavy atom. The lowest BCUT2D eigenvalue weighted by molar-refractivity contribution is -0.116. The minimum absolute atomic E-state index is 0.150. The Morgan fingerprint density at radius 2 is 1.90 bits per heavy atom. The minimum atomic E-state index is -0.328. The molecule has 0 aliphatic rings. The average molecular weight is 403 g/mol. The summed E-state index contributed by atoms with van der Waals surface area (Å²) in [6.07, 6.45) is 2.87. The summed E-state index contributed by atoms with van der Waals surface area (Å²) < 4.78 is 8.03. The van der Waals surface area contributed by atoms with Crippen molar-refractivity contribution < 1.29 is 9.53 Å². The van der Waals surface area contributed by atoms with Crippen LogP contribution in [-0.4, -0.2) is 32.3 Å². The molecule has 0 saturated heterocycles. The van der Waals surface area contributed by atoms with Gasteiger partial charge in [-0.2, -0.15) is 5.10 Å². The zero-order valence-corrected chi connectivity index (χ0v) is 16.9. The number of rotatable bonds is 5. The Morgan fingerprint density at radius 1 is 1.13 bits per heavy atom. The summed E-state index contributed by atoms with van der Waals surface area (Å²) in [5.74, 6) is 0.366. The summed E-state index contributed by atoms with van der Waals surface area (Å²) in [5.41, 5.74) is 3.81. The Hall–Kier alpha value is -3.94. The summed E-state index contributed by atoms with van der Waals surface area (Å²) >= 11 is 0. The van der Waals surface area contributed by atoms with E-state index in [1.807, 2.05) is 32.0 Å². The van der Waals surface area contributed by atoms with Crippen molar-refractivity contribution in [3.8, 4) is 11.4 Å². The quantitative estimate of drug-likeness (QED) is 0.553. The summed E-state index contributed by atoms with van der Waals surface area (Å²) in [5, 5.41) is 7.48. The lowest BCUT2D eigenvalue weighted by atomic mass is 10.1. The summed E-state index contributed by atoms with van der Waals surface area (Å²) in [6, 6.07) is 12.9. The number of benzene rings is 2. The van der Waals surface area contributed by atoms with Crippen molar-refractivity contribution >= 4 is 22.6 Å². The van der Waals surface area contributed by atoms with Crippen molar-refractivity contribution in [2.45, 2.75) is 20.4 Å². The molecule has 2 heterocycles. The van der Waals surface area contributed by atoms with Gasteiger partial charge in [0.1, 0.15) is 24.0 Å². The van der Waals surface area contributed by atoms with Gasteiger partial charge >= 0.3 is 0 Å². The van der Waals surface area contributed by atoms with Gasteiger partial charge in [0.2, 0.25) is 5.91 Å². The standard InChI is InChI=1S/C22H21N5O3/c1-14-5-4-6-19(15(14)2)27-21-18(11-24-27)22(29)26(13-23-21)12-20(28)25-16-7-9-17(30-3)10-8-16/h4-11,13H,12H2,1-3H3,(H,25,28). The van der Waals surface area contributed by atoms with Gasteiger partial charge in [-0.25, -0.2) is 9.67 Å². The molecule has 0 atom stereocenters. The van der Waals surface area contributed by atoms with Crippen LogP contribution >= 0.6 is 0 Å². The monoisotopic (exact) mass is 403 g/mol. The van der Waals surface area contributed by atoms with Crippen LogP contribution in [0.2, 0.25) is 0 Å². The first kappa shape index (κ1) is 19.4. The van der Waals surface area contributed by atoms with E-state index in [4.69, 9.17) is 4.74 Å². The normalized spacial score (nSPS) is 10.9. The van der Waals surface area contributed by atoms with Crippen LogP contribution in [0.25, 0.3) is 16.7 Å². The van der Waals surface area contributed by atoms with E-state index in [0.717, 1.165) is 16.8 Å². The van der Waals surface area contributed by atoms with Gasteiger partial charge in [0, 0.05) is 5.69 Å². The molecule has 0 fully saturated rings. The number of hydrogen-bond donors (Lipinski definition) is 1. The van der Waals surface area contributed by atoms with Crippen LogP contribution in [0.4, 0.5) is 5.69 Å². The predicted molar refractivity (Wildman–Crippen MR) is 114 cm³/mol. The highest BCUT2D eigenvalue weighted by molar-refractivity contribution is 5.90. The van der Waals surface area contributed by atoms with Gasteiger partial charge in [0.25, 0.3) is 5.56 Å². The summed E-state index contributed by atoms with van der Waals surface area (Å²) in [7, 11) is 1.57. The Labute approximate surface area is 172 Å². The predicted octanol–water partition coefficient (Wildman–Crippen LogP) is 2.85. The third-order valence-electron chi connectivity index (χ3n) is 5.05. The third-order valence-corrected chi connectivity index (χ3v) is 5.05. The fraction of sp³-hybridized carbons (Fsp3) is 0.182. The second kappa shape index (κ2) is 7.82. The zero-order chi connectivity index (χ0) is 21.3. The van der Waals surface area contributed by atoms with Crippen LogP contribution in [0.5, 0.6) is 5.75 Å². The van der Waals surface area contributed by atoms with Gasteiger partial charge in [-0.1, -0.05) is 12.1 Å². The molecule has 2 aromatic heterocycles. The number of fused-ring (bicyclic) bond motifs is 1. The van der Waals surface area contributed by atoms with Crippen molar-refractivity contribution in [2.75, 3.05) is 12.4 Å². The zero-order valence-electron chi connectivity index (χ0n) is 16.9. The summed E-state index contributed by atoms with van der Waals surface area (Å²) in [4.78, 5) is 29.7. The highest BCUT2D eigenvalue weighted by atomic mass is 16.5. The fourth-order valence-corrected chi connectivity index (χ4v) is 3.23. The molecular weight excluding hydrogens is 382 g/mol. The van der Waals surface area contributed by atoms with Crippen LogP contribution in [-0.2, 0) is 11.3 Å². The number of carbonyl (C=O) groups is 1. The van der Waals surface area contributed by atoms with E-state index in [0.29, 0.717) is 22.5 Å². The van der Waals surface area contributed by atoms with Crippen LogP contribution in [0.15, 0.2) is 59.8 Å². The number of nitrogens with one attached hydrogen (secondary N) is 1. The lowest BCUT2D eigenvalue weighted by Crippen LogP contribution is -2.27. The average Bonchev–Trinajstić information content (AvgIpc) is 3.17. The van der Waals surface area contributed by atoms with Crippen molar-refractivity contribution in [3.63, 3.8) is 0 Å². The number of nitrogens with zero attached hydrogens (tertiary/aromatic N) is 4. The van der Waals surface area contributed by atoms with Crippen molar-refractivity contribution in [1.29, 1.82) is 0 Å². The maximum absolute atomic E-state index is 12.9. The van der Waals surface area contributed by atoms with E-state index < -0.39 is 0 Å². The highest BCUT2D eigenvalue weighted by Gasteiger charge is 2.15. The van der Waals surface area contributed by atoms with Crippen LogP contribution in [0, 0.1) is 13.8 Å². The third kappa shape index (κ3) is 3.55. The molecule has 152 valence electrons. The van der Waals surface area contributed by atoms with E-state index in [9.17, 15) is 9.59 Å². The van der Waals surface area contributed by atoms with Crippen molar-refractivity contribution in [3.05, 3.63) is 76.5 Å². The first-order valence-electron chi connectivity index (χ1n) is 9.41. The molecule has 1 amide bonds. The molecule has 2 aromatic carbocycles. The molecule has 0 aliphatic heterocycles. The van der Waals surface area contributed by atoms with E-state index >= 15 is 0 Å². The second-order valence-corrected chi connectivity index (χ2v) is 6.97. The van der Waals surface area contributed by atoms with E-state index in [1.54, 1.807) is 36.1 Å². The number of anilines is 1. The van der Waals surface area contributed by atoms with Crippen LogP contribution < -0.4 is 15.6 Å². The van der Waals surface area contributed by atoms with Gasteiger partial charge in [-0.3, -0.25) is 14.2 Å². The molecule has 0 bridgehead atoms. The number of aromatic nitrogens is 4. The van der Waals surface area contributed by atoms with Gasteiger partial charge in [-0.05, 0) is 55.3 Å². The molecular formula is C22H21N5O3. The topological polar surface area (TPSA) is 91.0 Å². The first-order valence-corrected chi connectivity index (χ1v) is 9.41. The van der Waals surface area contributed by atoms with Crippen LogP contribution in [0.1, 0.15) is 11.1 Å². The van der Waals surface area contributed by atoms with Gasteiger partial charge < -0.3 is 10.1 Å². The number of ether oxygens (including phenoxy) is 1. The maximum atomic E-state index is 12.9. The smallest absolute Gasteiger partial charge is 0.264 e. The first-order chi connectivity index (χ1) is 14.5. The number of hydrogen-bond acceptors (Lipinski definition) is 5. The molecule has 1 N–H and O–H groups in total. The molecule has 0 spiro atoms. The minimum Gasteiger partial charge on any atom is -0.497 e. The fourth-order valence-electron chi connectivity index (χ4n) is 3.23. The lowest BCUT2D eigenvalue weighted by Gasteiger charge is -2.10. The van der Waals surface area contributed by atoms with E-state index in [2.05, 4.69) is 15.4 Å². The molecule has 0 unspecified atom stereocenters. The van der Waals surface area contributed by atoms with E-state index in [-0.39, 0.29) is 18.0 Å². The van der Waals surface area contributed by atoms with Gasteiger partial charge in [0.15, 0.2) is 5.65 Å². The van der Waals surface area contributed by atoms with Gasteiger partial charge in [0.05, 0.1) is 19.0 Å². The Balaban J connectivity index is 1.60. The van der Waals surface area contributed by atoms with Crippen molar-refractivity contribution in [2.24, 2.45) is 0 Å². The van der Waals surface area contributed by atoms with E-state index in [1.165, 1.54) is 17.1 Å². The van der Waals surface area contributed by atoms with Crippen LogP contribution in [0.3, 0.4) is 0 Å². The van der Waals surface area contributed by atoms with Gasteiger partial charge in [-0.15, -0.1) is 0 Å². The Kier molecular flexibility index (Phi) is 5.05.